The van der Waals surface area contributed by atoms with Crippen LogP contribution >= 0.6 is 34.5 Å². The van der Waals surface area contributed by atoms with Gasteiger partial charge in [0.2, 0.25) is 5.91 Å². The first kappa shape index (κ1) is 24.6. The molecule has 0 spiro atoms. The van der Waals surface area contributed by atoms with Crippen molar-refractivity contribution in [3.8, 4) is 11.3 Å². The van der Waals surface area contributed by atoms with E-state index in [9.17, 15) is 14.4 Å². The number of hydrogen-bond acceptors (Lipinski definition) is 7. The molecule has 0 saturated carbocycles. The molecule has 2 heterocycles. The van der Waals surface area contributed by atoms with Gasteiger partial charge in [0.25, 0.3) is 0 Å². The number of carbonyl (C=O) groups is 3. The Balaban J connectivity index is 1.80. The highest BCUT2D eigenvalue weighted by Crippen LogP contribution is 2.34. The summed E-state index contributed by atoms with van der Waals surface area (Å²) in [6, 6.07) is 8.44. The zero-order valence-corrected chi connectivity index (χ0v) is 20.2. The number of carbonyl (C=O) groups excluding carboxylic acids is 3. The molecule has 0 radical (unpaired) electrons. The Labute approximate surface area is 203 Å². The molecule has 1 aromatic carbocycles. The fraction of sp³-hybridized carbons (Fsp3) is 0.174. The van der Waals surface area contributed by atoms with E-state index in [4.69, 9.17) is 37.1 Å². The van der Waals surface area contributed by atoms with Crippen molar-refractivity contribution in [3.63, 3.8) is 0 Å². The highest BCUT2D eigenvalue weighted by Gasteiger charge is 2.26. The normalized spacial score (nSPS) is 10.9. The molecular weight excluding hydrogens is 489 g/mol. The Hall–Kier alpha value is -3.07. The number of ether oxygens (including phenoxy) is 2. The lowest BCUT2D eigenvalue weighted by atomic mass is 10.1. The Morgan fingerprint density at radius 1 is 1.12 bits per heavy atom. The summed E-state index contributed by atoms with van der Waals surface area (Å²) in [4.78, 5) is 37.1. The van der Waals surface area contributed by atoms with Crippen LogP contribution in [0.15, 0.2) is 40.8 Å². The number of methoxy groups -OCH3 is 1. The molecule has 0 aliphatic heterocycles. The van der Waals surface area contributed by atoms with Crippen molar-refractivity contribution in [3.05, 3.63) is 68.2 Å². The van der Waals surface area contributed by atoms with Crippen LogP contribution in [-0.2, 0) is 14.3 Å². The fourth-order valence-electron chi connectivity index (χ4n) is 2.94. The van der Waals surface area contributed by atoms with Gasteiger partial charge in [-0.15, -0.1) is 11.3 Å². The maximum atomic E-state index is 12.5. The van der Waals surface area contributed by atoms with Gasteiger partial charge in [-0.25, -0.2) is 9.59 Å². The van der Waals surface area contributed by atoms with E-state index in [-0.39, 0.29) is 22.0 Å². The summed E-state index contributed by atoms with van der Waals surface area (Å²) in [6.45, 7) is 3.40. The topological polar surface area (TPSA) is 94.8 Å². The Kier molecular flexibility index (Phi) is 7.97. The number of rotatable bonds is 7. The average molecular weight is 508 g/mol. The second-order valence-electron chi connectivity index (χ2n) is 6.66. The van der Waals surface area contributed by atoms with Crippen LogP contribution in [-0.4, -0.2) is 31.6 Å². The molecule has 1 amide bonds. The summed E-state index contributed by atoms with van der Waals surface area (Å²) in [5.41, 5.74) is 1.18. The summed E-state index contributed by atoms with van der Waals surface area (Å²) in [7, 11) is 1.24. The number of anilines is 1. The van der Waals surface area contributed by atoms with E-state index in [0.717, 1.165) is 11.3 Å². The summed E-state index contributed by atoms with van der Waals surface area (Å²) in [5, 5.41) is 3.76. The number of esters is 2. The molecule has 3 rings (SSSR count). The van der Waals surface area contributed by atoms with E-state index in [1.807, 2.05) is 0 Å². The van der Waals surface area contributed by atoms with E-state index in [2.05, 4.69) is 5.32 Å². The molecule has 172 valence electrons. The zero-order valence-electron chi connectivity index (χ0n) is 17.9. The predicted octanol–water partition coefficient (Wildman–Crippen LogP) is 6.24. The van der Waals surface area contributed by atoms with Gasteiger partial charge >= 0.3 is 11.9 Å². The molecule has 10 heteroatoms. The van der Waals surface area contributed by atoms with E-state index < -0.39 is 17.8 Å². The largest absolute Gasteiger partial charge is 0.465 e. The van der Waals surface area contributed by atoms with Gasteiger partial charge in [0.15, 0.2) is 0 Å². The van der Waals surface area contributed by atoms with Crippen molar-refractivity contribution in [2.75, 3.05) is 19.0 Å². The molecule has 1 N–H and O–H groups in total. The smallest absolute Gasteiger partial charge is 0.348 e. The molecule has 0 aliphatic rings. The standard InChI is InChI=1S/C23H19Cl2NO6S/c1-4-31-22(28)19-12(2)20(23(29)30-3)33-21(19)26-18(27)8-6-16-5-7-17(32-16)13-9-14(24)11-15(25)10-13/h5-11H,4H2,1-3H3,(H,26,27)/b8-6+. The van der Waals surface area contributed by atoms with Crippen LogP contribution in [0.1, 0.15) is 38.3 Å². The molecule has 7 nitrogen and oxygen atoms in total. The van der Waals surface area contributed by atoms with Crippen LogP contribution in [0.4, 0.5) is 5.00 Å². The van der Waals surface area contributed by atoms with Gasteiger partial charge < -0.3 is 19.2 Å². The van der Waals surface area contributed by atoms with E-state index in [1.54, 1.807) is 44.2 Å². The number of thiophene rings is 1. The third-order valence-electron chi connectivity index (χ3n) is 4.41. The number of amides is 1. The first-order valence-corrected chi connectivity index (χ1v) is 11.2. The highest BCUT2D eigenvalue weighted by molar-refractivity contribution is 7.18. The number of nitrogens with one attached hydrogen (secondary N) is 1. The van der Waals surface area contributed by atoms with Crippen molar-refractivity contribution in [2.45, 2.75) is 13.8 Å². The van der Waals surface area contributed by atoms with Gasteiger partial charge in [0.05, 0.1) is 19.3 Å². The molecule has 0 unspecified atom stereocenters. The molecule has 0 saturated heterocycles. The fourth-order valence-corrected chi connectivity index (χ4v) is 4.59. The zero-order chi connectivity index (χ0) is 24.1. The van der Waals surface area contributed by atoms with Crippen LogP contribution < -0.4 is 5.32 Å². The number of benzene rings is 1. The van der Waals surface area contributed by atoms with Gasteiger partial charge in [-0.05, 0) is 55.8 Å². The van der Waals surface area contributed by atoms with Crippen molar-refractivity contribution in [1.82, 2.24) is 0 Å². The van der Waals surface area contributed by atoms with Crippen LogP contribution in [0.5, 0.6) is 0 Å². The van der Waals surface area contributed by atoms with Crippen LogP contribution in [0.3, 0.4) is 0 Å². The molecule has 2 aromatic heterocycles. The van der Waals surface area contributed by atoms with Crippen molar-refractivity contribution < 1.29 is 28.3 Å². The van der Waals surface area contributed by atoms with Gasteiger partial charge in [0, 0.05) is 21.7 Å². The molecule has 0 fully saturated rings. The molecule has 0 atom stereocenters. The lowest BCUT2D eigenvalue weighted by Crippen LogP contribution is -2.12. The van der Waals surface area contributed by atoms with Crippen LogP contribution in [0, 0.1) is 6.92 Å². The summed E-state index contributed by atoms with van der Waals surface area (Å²) >= 11 is 13.0. The maximum Gasteiger partial charge on any atom is 0.348 e. The van der Waals surface area contributed by atoms with Gasteiger partial charge in [0.1, 0.15) is 21.4 Å². The third-order valence-corrected chi connectivity index (χ3v) is 6.03. The quantitative estimate of drug-likeness (QED) is 0.300. The second kappa shape index (κ2) is 10.7. The number of halogens is 2. The van der Waals surface area contributed by atoms with Gasteiger partial charge in [-0.2, -0.15) is 0 Å². The van der Waals surface area contributed by atoms with Crippen LogP contribution in [0.2, 0.25) is 10.0 Å². The minimum absolute atomic E-state index is 0.113. The minimum atomic E-state index is -0.642. The van der Waals surface area contributed by atoms with Crippen molar-refractivity contribution in [2.24, 2.45) is 0 Å². The number of hydrogen-bond donors (Lipinski definition) is 1. The first-order chi connectivity index (χ1) is 15.7. The third kappa shape index (κ3) is 5.84. The number of furan rings is 1. The Morgan fingerprint density at radius 3 is 2.45 bits per heavy atom. The monoisotopic (exact) mass is 507 g/mol. The Bertz CT molecular complexity index is 1220. The summed E-state index contributed by atoms with van der Waals surface area (Å²) in [6.07, 6.45) is 2.71. The summed E-state index contributed by atoms with van der Waals surface area (Å²) < 4.78 is 15.5. The Morgan fingerprint density at radius 2 is 1.82 bits per heavy atom. The molecule has 33 heavy (non-hydrogen) atoms. The molecule has 0 aliphatic carbocycles. The second-order valence-corrected chi connectivity index (χ2v) is 8.55. The molecular formula is C23H19Cl2NO6S. The average Bonchev–Trinajstić information content (AvgIpc) is 3.36. The lowest BCUT2D eigenvalue weighted by molar-refractivity contribution is -0.111. The van der Waals surface area contributed by atoms with Gasteiger partial charge in [-0.3, -0.25) is 4.79 Å². The highest BCUT2D eigenvalue weighted by atomic mass is 35.5. The van der Waals surface area contributed by atoms with E-state index >= 15 is 0 Å². The lowest BCUT2D eigenvalue weighted by Gasteiger charge is -2.05. The first-order valence-electron chi connectivity index (χ1n) is 9.67. The summed E-state index contributed by atoms with van der Waals surface area (Å²) in [5.74, 6) is -0.832. The maximum absolute atomic E-state index is 12.5. The van der Waals surface area contributed by atoms with Gasteiger partial charge in [-0.1, -0.05) is 23.2 Å². The molecule has 0 bridgehead atoms. The SMILES string of the molecule is CCOC(=O)c1c(NC(=O)/C=C/c2ccc(-c3cc(Cl)cc(Cl)c3)o2)sc(C(=O)OC)c1C. The van der Waals surface area contributed by atoms with E-state index in [1.165, 1.54) is 19.3 Å². The van der Waals surface area contributed by atoms with E-state index in [0.29, 0.717) is 32.7 Å². The molecule has 3 aromatic rings. The minimum Gasteiger partial charge on any atom is -0.465 e. The van der Waals surface area contributed by atoms with Crippen molar-refractivity contribution in [1.29, 1.82) is 0 Å². The predicted molar refractivity (Wildman–Crippen MR) is 128 cm³/mol. The van der Waals surface area contributed by atoms with Crippen LogP contribution in [0.25, 0.3) is 17.4 Å². The van der Waals surface area contributed by atoms with Crippen molar-refractivity contribution >= 4 is 63.5 Å².